The number of allylic oxidation sites excluding steroid dienone is 1. The van der Waals surface area contributed by atoms with Crippen LogP contribution >= 0.6 is 11.3 Å². The minimum atomic E-state index is 0.364. The number of aryl methyl sites for hydroxylation is 2. The number of aliphatic imine (C=N–C) groups is 1. The van der Waals surface area contributed by atoms with E-state index < -0.39 is 0 Å². The Morgan fingerprint density at radius 3 is 2.44 bits per heavy atom. The van der Waals surface area contributed by atoms with Crippen molar-refractivity contribution in [2.75, 3.05) is 0 Å². The van der Waals surface area contributed by atoms with Crippen LogP contribution in [0.1, 0.15) is 88.0 Å². The lowest BCUT2D eigenvalue weighted by Crippen LogP contribution is -2.08. The van der Waals surface area contributed by atoms with Crippen molar-refractivity contribution in [3.8, 4) is 11.3 Å². The van der Waals surface area contributed by atoms with E-state index >= 15 is 0 Å². The van der Waals surface area contributed by atoms with Crippen molar-refractivity contribution in [2.45, 2.75) is 80.7 Å². The standard InChI is InChI=1S/C28H36N2OS.C2H6/c1-7-12-29-17-21(5)22(6)23-10-11-25(20(4)14-23)26-16-28-27(15-24(18-31)32-28)30(26)13-8-9-19(2)3;1-2/h7,10-12,14-19,21-22H,8-9,13H2,1-6H3;1-2H3/b12-7-,29-17?;. The Bertz CT molecular complexity index is 1120. The lowest BCUT2D eigenvalue weighted by Gasteiger charge is -2.19. The molecule has 34 heavy (non-hydrogen) atoms. The number of rotatable bonds is 10. The number of aldehydes is 1. The highest BCUT2D eigenvalue weighted by Crippen LogP contribution is 2.36. The van der Waals surface area contributed by atoms with Gasteiger partial charge in [-0.05, 0) is 67.7 Å². The Hall–Kier alpha value is -2.46. The van der Waals surface area contributed by atoms with Crippen molar-refractivity contribution in [3.63, 3.8) is 0 Å². The van der Waals surface area contributed by atoms with Gasteiger partial charge in [-0.3, -0.25) is 9.79 Å². The van der Waals surface area contributed by atoms with E-state index in [1.165, 1.54) is 39.0 Å². The number of hydrogen-bond acceptors (Lipinski definition) is 3. The van der Waals surface area contributed by atoms with E-state index in [0.29, 0.717) is 17.8 Å². The summed E-state index contributed by atoms with van der Waals surface area (Å²) in [5.41, 5.74) is 6.34. The van der Waals surface area contributed by atoms with Crippen LogP contribution in [-0.4, -0.2) is 17.1 Å². The van der Waals surface area contributed by atoms with Gasteiger partial charge in [-0.1, -0.05) is 65.8 Å². The van der Waals surface area contributed by atoms with E-state index in [-0.39, 0.29) is 0 Å². The molecule has 0 N–H and O–H groups in total. The Kier molecular flexibility index (Phi) is 11.0. The molecular formula is C30H42N2OS. The molecule has 0 spiro atoms. The van der Waals surface area contributed by atoms with E-state index in [1.807, 2.05) is 45.3 Å². The van der Waals surface area contributed by atoms with Crippen LogP contribution in [-0.2, 0) is 6.54 Å². The van der Waals surface area contributed by atoms with Crippen LogP contribution in [0, 0.1) is 18.8 Å². The van der Waals surface area contributed by atoms with E-state index in [4.69, 9.17) is 0 Å². The summed E-state index contributed by atoms with van der Waals surface area (Å²) in [6.45, 7) is 18.2. The fourth-order valence-corrected chi connectivity index (χ4v) is 5.12. The molecule has 3 rings (SSSR count). The number of carbonyl (C=O) groups excluding carboxylic acids is 1. The molecule has 0 saturated carbocycles. The van der Waals surface area contributed by atoms with Crippen LogP contribution in [0.25, 0.3) is 21.5 Å². The summed E-state index contributed by atoms with van der Waals surface area (Å²) in [7, 11) is 0. The summed E-state index contributed by atoms with van der Waals surface area (Å²) in [5.74, 6) is 1.45. The van der Waals surface area contributed by atoms with Gasteiger partial charge in [0.25, 0.3) is 0 Å². The number of aromatic nitrogens is 1. The van der Waals surface area contributed by atoms with Crippen molar-refractivity contribution < 1.29 is 4.79 Å². The lowest BCUT2D eigenvalue weighted by atomic mass is 9.87. The van der Waals surface area contributed by atoms with Crippen LogP contribution < -0.4 is 0 Å². The first-order chi connectivity index (χ1) is 16.3. The first kappa shape index (κ1) is 27.8. The molecule has 3 nitrogen and oxygen atoms in total. The van der Waals surface area contributed by atoms with Crippen molar-refractivity contribution in [1.82, 2.24) is 4.57 Å². The molecule has 0 saturated heterocycles. The summed E-state index contributed by atoms with van der Waals surface area (Å²) in [6.07, 6.45) is 9.13. The minimum Gasteiger partial charge on any atom is -0.340 e. The second kappa shape index (κ2) is 13.4. The fourth-order valence-electron chi connectivity index (χ4n) is 4.20. The second-order valence-electron chi connectivity index (χ2n) is 9.24. The van der Waals surface area contributed by atoms with Crippen molar-refractivity contribution in [2.24, 2.45) is 16.8 Å². The van der Waals surface area contributed by atoms with Crippen LogP contribution in [0.15, 0.2) is 47.6 Å². The van der Waals surface area contributed by atoms with Crippen LogP contribution in [0.4, 0.5) is 0 Å². The molecule has 0 aliphatic carbocycles. The zero-order valence-electron chi connectivity index (χ0n) is 22.3. The monoisotopic (exact) mass is 478 g/mol. The molecule has 184 valence electrons. The summed E-state index contributed by atoms with van der Waals surface area (Å²) >= 11 is 1.58. The molecular weight excluding hydrogens is 436 g/mol. The number of nitrogens with zero attached hydrogens (tertiary/aromatic N) is 2. The first-order valence-corrected chi connectivity index (χ1v) is 13.5. The van der Waals surface area contributed by atoms with Crippen molar-refractivity contribution in [1.29, 1.82) is 0 Å². The smallest absolute Gasteiger partial charge is 0.160 e. The third-order valence-corrected chi connectivity index (χ3v) is 7.28. The largest absolute Gasteiger partial charge is 0.340 e. The maximum absolute atomic E-state index is 11.3. The molecule has 0 bridgehead atoms. The highest BCUT2D eigenvalue weighted by atomic mass is 32.1. The molecule has 0 aliphatic rings. The second-order valence-corrected chi connectivity index (χ2v) is 10.4. The van der Waals surface area contributed by atoms with Gasteiger partial charge in [-0.25, -0.2) is 0 Å². The maximum Gasteiger partial charge on any atom is 0.160 e. The third kappa shape index (κ3) is 6.79. The van der Waals surface area contributed by atoms with Crippen LogP contribution in [0.2, 0.25) is 0 Å². The zero-order valence-corrected chi connectivity index (χ0v) is 23.1. The van der Waals surface area contributed by atoms with Gasteiger partial charge in [0.1, 0.15) is 0 Å². The number of thiophene rings is 1. The number of carbonyl (C=O) groups is 1. The number of fused-ring (bicyclic) bond motifs is 1. The number of hydrogen-bond donors (Lipinski definition) is 0. The van der Waals surface area contributed by atoms with Gasteiger partial charge in [0.15, 0.2) is 6.29 Å². The average Bonchev–Trinajstić information content (AvgIpc) is 3.38. The van der Waals surface area contributed by atoms with Crippen LogP contribution in [0.5, 0.6) is 0 Å². The molecule has 2 atom stereocenters. The van der Waals surface area contributed by atoms with Gasteiger partial charge < -0.3 is 4.57 Å². The van der Waals surface area contributed by atoms with E-state index in [1.54, 1.807) is 11.3 Å². The van der Waals surface area contributed by atoms with Crippen molar-refractivity contribution in [3.05, 3.63) is 58.6 Å². The summed E-state index contributed by atoms with van der Waals surface area (Å²) < 4.78 is 3.61. The van der Waals surface area contributed by atoms with E-state index in [0.717, 1.165) is 24.1 Å². The number of benzene rings is 1. The summed E-state index contributed by atoms with van der Waals surface area (Å²) in [5, 5.41) is 0. The van der Waals surface area contributed by atoms with Gasteiger partial charge in [-0.15, -0.1) is 11.3 Å². The van der Waals surface area contributed by atoms with E-state index in [9.17, 15) is 4.79 Å². The molecule has 1 aromatic carbocycles. The Morgan fingerprint density at radius 1 is 1.09 bits per heavy atom. The highest BCUT2D eigenvalue weighted by molar-refractivity contribution is 7.20. The van der Waals surface area contributed by atoms with Gasteiger partial charge in [-0.2, -0.15) is 0 Å². The molecule has 0 aliphatic heterocycles. The van der Waals surface area contributed by atoms with Gasteiger partial charge in [0, 0.05) is 24.5 Å². The Morgan fingerprint density at radius 2 is 1.82 bits per heavy atom. The normalized spacial score (nSPS) is 13.6. The maximum atomic E-state index is 11.3. The molecule has 3 aromatic rings. The van der Waals surface area contributed by atoms with Crippen LogP contribution in [0.3, 0.4) is 0 Å². The summed E-state index contributed by atoms with van der Waals surface area (Å²) in [6, 6.07) is 11.2. The Balaban J connectivity index is 0.00000199. The fraction of sp³-hybridized carbons (Fsp3) is 0.467. The molecule has 0 radical (unpaired) electrons. The van der Waals surface area contributed by atoms with Crippen molar-refractivity contribution >= 4 is 34.1 Å². The van der Waals surface area contributed by atoms with Gasteiger partial charge >= 0.3 is 0 Å². The average molecular weight is 479 g/mol. The first-order valence-electron chi connectivity index (χ1n) is 12.7. The molecule has 2 unspecified atom stereocenters. The lowest BCUT2D eigenvalue weighted by molar-refractivity contribution is 0.112. The molecule has 0 amide bonds. The zero-order chi connectivity index (χ0) is 25.3. The predicted molar refractivity (Wildman–Crippen MR) is 152 cm³/mol. The predicted octanol–water partition coefficient (Wildman–Crippen LogP) is 9.30. The van der Waals surface area contributed by atoms with E-state index in [2.05, 4.69) is 68.4 Å². The SMILES string of the molecule is C/C=C\N=CC(C)C(C)c1ccc(-c2cc3sc(C=O)cc3n2CCCC(C)C)c(C)c1.CC. The summed E-state index contributed by atoms with van der Waals surface area (Å²) in [4.78, 5) is 16.5. The quantitative estimate of drug-likeness (QED) is 0.211. The molecule has 2 aromatic heterocycles. The Labute approximate surface area is 210 Å². The topological polar surface area (TPSA) is 34.4 Å². The molecule has 4 heteroatoms. The van der Waals surface area contributed by atoms with Gasteiger partial charge in [0.05, 0.1) is 20.8 Å². The molecule has 0 fully saturated rings. The third-order valence-electron chi connectivity index (χ3n) is 6.29. The molecule has 2 heterocycles. The minimum absolute atomic E-state index is 0.364. The highest BCUT2D eigenvalue weighted by Gasteiger charge is 2.18. The van der Waals surface area contributed by atoms with Gasteiger partial charge in [0.2, 0.25) is 0 Å².